The number of aromatic nitrogens is 4. The van der Waals surface area contributed by atoms with E-state index in [1.807, 2.05) is 31.9 Å². The molecule has 0 aliphatic carbocycles. The van der Waals surface area contributed by atoms with Gasteiger partial charge in [0.05, 0.1) is 68.2 Å². The van der Waals surface area contributed by atoms with Crippen molar-refractivity contribution in [2.24, 2.45) is 5.92 Å². The first kappa shape index (κ1) is 41.4. The number of likely N-dealkylation sites (tertiary alicyclic amines) is 2. The van der Waals surface area contributed by atoms with Crippen LogP contribution in [0.15, 0.2) is 36.7 Å². The molecule has 58 heavy (non-hydrogen) atoms. The molecule has 0 aromatic carbocycles. The van der Waals surface area contributed by atoms with Crippen molar-refractivity contribution >= 4 is 46.7 Å². The summed E-state index contributed by atoms with van der Waals surface area (Å²) < 4.78 is 22.2. The third-order valence-electron chi connectivity index (χ3n) is 11.3. The van der Waals surface area contributed by atoms with Gasteiger partial charge in [-0.2, -0.15) is 0 Å². The normalized spacial score (nSPS) is 22.5. The van der Waals surface area contributed by atoms with Crippen LogP contribution in [0.1, 0.15) is 106 Å². The van der Waals surface area contributed by atoms with Gasteiger partial charge in [0, 0.05) is 27.7 Å². The van der Waals surface area contributed by atoms with Crippen molar-refractivity contribution in [1.82, 2.24) is 40.4 Å². The number of amides is 4. The van der Waals surface area contributed by atoms with E-state index in [1.54, 1.807) is 40.7 Å². The van der Waals surface area contributed by atoms with Gasteiger partial charge in [0.2, 0.25) is 11.8 Å². The Morgan fingerprint density at radius 1 is 0.862 bits per heavy atom. The number of methoxy groups -OCH3 is 2. The van der Waals surface area contributed by atoms with Gasteiger partial charge in [-0.05, 0) is 69.2 Å². The molecule has 7 rings (SSSR count). The Bertz CT molecular complexity index is 2090. The summed E-state index contributed by atoms with van der Waals surface area (Å²) in [4.78, 5) is 75.4. The van der Waals surface area contributed by atoms with Crippen LogP contribution in [0.2, 0.25) is 0 Å². The molecule has 4 amide bonds. The number of nitrogens with zero attached hydrogens (tertiary/aromatic N) is 4. The second kappa shape index (κ2) is 17.6. The molecule has 4 aromatic rings. The number of imidazole rings is 2. The fourth-order valence-corrected chi connectivity index (χ4v) is 9.91. The van der Waals surface area contributed by atoms with Crippen LogP contribution in [0.4, 0.5) is 9.59 Å². The molecule has 2 unspecified atom stereocenters. The Kier molecular flexibility index (Phi) is 12.6. The van der Waals surface area contributed by atoms with E-state index in [4.69, 9.17) is 23.9 Å². The van der Waals surface area contributed by atoms with Crippen LogP contribution >= 0.6 is 22.7 Å². The highest BCUT2D eigenvalue weighted by atomic mass is 32.1. The summed E-state index contributed by atoms with van der Waals surface area (Å²) in [6, 6.07) is 7.25. The van der Waals surface area contributed by atoms with Crippen LogP contribution in [-0.2, 0) is 28.5 Å². The van der Waals surface area contributed by atoms with Crippen LogP contribution in [0, 0.1) is 5.92 Å². The second-order valence-corrected chi connectivity index (χ2v) is 17.6. The van der Waals surface area contributed by atoms with Gasteiger partial charge >= 0.3 is 12.2 Å². The monoisotopic (exact) mass is 836 g/mol. The van der Waals surface area contributed by atoms with Crippen molar-refractivity contribution in [3.8, 4) is 20.3 Å². The van der Waals surface area contributed by atoms with E-state index in [9.17, 15) is 19.2 Å². The van der Waals surface area contributed by atoms with Crippen LogP contribution in [-0.4, -0.2) is 106 Å². The maximum atomic E-state index is 13.7. The highest BCUT2D eigenvalue weighted by Crippen LogP contribution is 2.42. The molecule has 16 nitrogen and oxygen atoms in total. The van der Waals surface area contributed by atoms with Gasteiger partial charge in [0.1, 0.15) is 35.4 Å². The highest BCUT2D eigenvalue weighted by molar-refractivity contribution is 7.23. The summed E-state index contributed by atoms with van der Waals surface area (Å²) in [5.41, 5.74) is 0.585. The van der Waals surface area contributed by atoms with Crippen molar-refractivity contribution in [1.29, 1.82) is 0 Å². The van der Waals surface area contributed by atoms with Crippen LogP contribution in [0.3, 0.4) is 0 Å². The Labute approximate surface area is 345 Å². The molecular formula is C40H52N8O8S2. The van der Waals surface area contributed by atoms with Crippen LogP contribution < -0.4 is 10.6 Å². The number of rotatable bonds is 12. The number of H-pyrrole nitrogens is 2. The lowest BCUT2D eigenvalue weighted by atomic mass is 9.96. The van der Waals surface area contributed by atoms with E-state index >= 15 is 0 Å². The van der Waals surface area contributed by atoms with Crippen molar-refractivity contribution in [3.05, 3.63) is 58.9 Å². The summed E-state index contributed by atoms with van der Waals surface area (Å²) in [6.07, 6.45) is 5.41. The highest BCUT2D eigenvalue weighted by Gasteiger charge is 2.43. The zero-order chi connectivity index (χ0) is 41.1. The molecule has 6 atom stereocenters. The number of hydrogen-bond acceptors (Lipinski definition) is 12. The predicted molar refractivity (Wildman–Crippen MR) is 217 cm³/mol. The molecule has 4 N–H and O–H groups in total. The zero-order valence-electron chi connectivity index (χ0n) is 33.7. The number of hydrogen-bond donors (Lipinski definition) is 4. The van der Waals surface area contributed by atoms with E-state index in [0.29, 0.717) is 38.5 Å². The largest absolute Gasteiger partial charge is 0.453 e. The SMILES string of the molecule is CC[C@](C)(NC(=O)OC)C(=O)N1CCC[C@H]1c1ncc(C2COC(c3ccc(-c4ccc(-c5cnc([C@@H]6CCCN6C(=O)[C@@H](NC(=O)OC)C(C)C)[nH]5)s4)s3)CO2)[nH]1. The molecule has 3 aliphatic heterocycles. The lowest BCUT2D eigenvalue weighted by Gasteiger charge is -2.34. The van der Waals surface area contributed by atoms with Crippen molar-refractivity contribution in [2.45, 2.75) is 95.7 Å². The molecule has 0 bridgehead atoms. The fraction of sp³-hybridized carbons (Fsp3) is 0.550. The topological polar surface area (TPSA) is 193 Å². The maximum absolute atomic E-state index is 13.7. The number of nitrogens with one attached hydrogen (secondary N) is 4. The molecule has 3 fully saturated rings. The lowest BCUT2D eigenvalue weighted by Crippen LogP contribution is -2.57. The molecular weight excluding hydrogens is 785 g/mol. The van der Waals surface area contributed by atoms with E-state index < -0.39 is 23.8 Å². The molecule has 0 spiro atoms. The number of carbonyl (C=O) groups excluding carboxylic acids is 4. The summed E-state index contributed by atoms with van der Waals surface area (Å²) in [7, 11) is 2.57. The first-order valence-electron chi connectivity index (χ1n) is 19.8. The predicted octanol–water partition coefficient (Wildman–Crippen LogP) is 6.65. The Hall–Kier alpha value is -4.78. The first-order chi connectivity index (χ1) is 27.9. The van der Waals surface area contributed by atoms with Crippen molar-refractivity contribution in [2.75, 3.05) is 40.5 Å². The minimum absolute atomic E-state index is 0.106. The zero-order valence-corrected chi connectivity index (χ0v) is 35.3. The molecule has 312 valence electrons. The smallest absolute Gasteiger partial charge is 0.407 e. The quantitative estimate of drug-likeness (QED) is 0.120. The van der Waals surface area contributed by atoms with Crippen molar-refractivity contribution < 1.29 is 38.1 Å². The number of carbonyl (C=O) groups is 4. The van der Waals surface area contributed by atoms with E-state index in [-0.39, 0.29) is 42.0 Å². The summed E-state index contributed by atoms with van der Waals surface area (Å²) >= 11 is 3.34. The van der Waals surface area contributed by atoms with Gasteiger partial charge in [0.25, 0.3) is 0 Å². The second-order valence-electron chi connectivity index (χ2n) is 15.4. The fourth-order valence-electron chi connectivity index (χ4n) is 7.81. The average molecular weight is 837 g/mol. The van der Waals surface area contributed by atoms with Gasteiger partial charge in [-0.1, -0.05) is 20.8 Å². The van der Waals surface area contributed by atoms with Gasteiger partial charge in [-0.3, -0.25) is 9.59 Å². The Balaban J connectivity index is 0.949. The Morgan fingerprint density at radius 3 is 2.17 bits per heavy atom. The molecule has 7 heterocycles. The number of ether oxygens (including phenoxy) is 4. The van der Waals surface area contributed by atoms with E-state index in [0.717, 1.165) is 62.4 Å². The third kappa shape index (κ3) is 8.51. The first-order valence-corrected chi connectivity index (χ1v) is 21.4. The standard InChI is InChI=1S/C40H52N8O8S2/c1-7-40(4,46-39(52)54-6)37(50)48-17-9-11-26(48)35-41-18-23(43-35)27-20-56-28(21-55-27)30-13-15-32(58-30)31-14-12-29(57-31)24-19-42-34(44-24)25-10-8-16-47(25)36(49)33(22(2)3)45-38(51)53-5/h12-15,18-19,22,25-28,33H,7-11,16-17,20-21H2,1-6H3,(H,41,43)(H,42,44)(H,45,51)(H,46,52)/t25-,26-,27?,28?,33-,40-/m0/s1. The average Bonchev–Trinajstić information content (AvgIpc) is 4.08. The molecule has 3 saturated heterocycles. The molecule has 0 saturated carbocycles. The van der Waals surface area contributed by atoms with Crippen LogP contribution in [0.25, 0.3) is 20.3 Å². The molecule has 3 aliphatic rings. The van der Waals surface area contributed by atoms with Crippen LogP contribution in [0.5, 0.6) is 0 Å². The minimum Gasteiger partial charge on any atom is -0.453 e. The van der Waals surface area contributed by atoms with Gasteiger partial charge < -0.3 is 49.3 Å². The number of thiophene rings is 2. The summed E-state index contributed by atoms with van der Waals surface area (Å²) in [5.74, 6) is 1.01. The number of alkyl carbamates (subject to hydrolysis) is 2. The summed E-state index contributed by atoms with van der Waals surface area (Å²) in [5, 5.41) is 5.41. The Morgan fingerprint density at radius 2 is 1.48 bits per heavy atom. The minimum atomic E-state index is -1.09. The molecule has 4 aromatic heterocycles. The number of aromatic amines is 2. The van der Waals surface area contributed by atoms with Gasteiger partial charge in [0.15, 0.2) is 0 Å². The lowest BCUT2D eigenvalue weighted by molar-refractivity contribution is -0.139. The van der Waals surface area contributed by atoms with Crippen molar-refractivity contribution in [3.63, 3.8) is 0 Å². The third-order valence-corrected chi connectivity index (χ3v) is 13.8. The summed E-state index contributed by atoms with van der Waals surface area (Å²) in [6.45, 7) is 9.28. The molecule has 18 heteroatoms. The molecule has 0 radical (unpaired) electrons. The maximum Gasteiger partial charge on any atom is 0.407 e. The van der Waals surface area contributed by atoms with Gasteiger partial charge in [-0.15, -0.1) is 22.7 Å². The van der Waals surface area contributed by atoms with Gasteiger partial charge in [-0.25, -0.2) is 19.6 Å². The van der Waals surface area contributed by atoms with E-state index in [1.165, 1.54) is 14.2 Å². The van der Waals surface area contributed by atoms with E-state index in [2.05, 4.69) is 49.9 Å².